The molecule has 1 fully saturated rings. The van der Waals surface area contributed by atoms with Crippen LogP contribution >= 0.6 is 0 Å². The molecule has 0 aliphatic carbocycles. The Bertz CT molecular complexity index is 1130. The molecule has 0 aromatic heterocycles. The van der Waals surface area contributed by atoms with Gasteiger partial charge in [0.25, 0.3) is 5.91 Å². The Balaban J connectivity index is 1.24. The number of nitrogens with zero attached hydrogens (tertiary/aromatic N) is 2. The summed E-state index contributed by atoms with van der Waals surface area (Å²) < 4.78 is 6.32. The van der Waals surface area contributed by atoms with Crippen LogP contribution in [0, 0.1) is 5.92 Å². The van der Waals surface area contributed by atoms with Crippen LogP contribution in [0.4, 0.5) is 0 Å². The summed E-state index contributed by atoms with van der Waals surface area (Å²) in [6.45, 7) is 9.43. The summed E-state index contributed by atoms with van der Waals surface area (Å²) in [4.78, 5) is 17.7. The first-order valence-corrected chi connectivity index (χ1v) is 12.3. The monoisotopic (exact) mass is 442 g/mol. The van der Waals surface area contributed by atoms with E-state index in [9.17, 15) is 4.79 Å². The van der Waals surface area contributed by atoms with Crippen molar-refractivity contribution < 1.29 is 9.53 Å². The zero-order chi connectivity index (χ0) is 22.8. The Morgan fingerprint density at radius 3 is 2.45 bits per heavy atom. The van der Waals surface area contributed by atoms with Gasteiger partial charge in [-0.2, -0.15) is 0 Å². The Morgan fingerprint density at radius 2 is 1.67 bits per heavy atom. The van der Waals surface area contributed by atoms with Crippen LogP contribution in [0.1, 0.15) is 48.2 Å². The lowest BCUT2D eigenvalue weighted by Crippen LogP contribution is -2.39. The number of hydrogen-bond acceptors (Lipinski definition) is 3. The fourth-order valence-electron chi connectivity index (χ4n) is 5.20. The lowest BCUT2D eigenvalue weighted by Gasteiger charge is -2.33. The first-order valence-electron chi connectivity index (χ1n) is 12.3. The van der Waals surface area contributed by atoms with Gasteiger partial charge in [-0.1, -0.05) is 50.2 Å². The summed E-state index contributed by atoms with van der Waals surface area (Å²) in [6, 6.07) is 20.7. The maximum Gasteiger partial charge on any atom is 0.254 e. The van der Waals surface area contributed by atoms with Crippen molar-refractivity contribution in [1.29, 1.82) is 0 Å². The maximum absolute atomic E-state index is 13.2. The van der Waals surface area contributed by atoms with E-state index >= 15 is 0 Å². The summed E-state index contributed by atoms with van der Waals surface area (Å²) in [7, 11) is 0. The number of piperidine rings is 1. The first-order chi connectivity index (χ1) is 16.0. The van der Waals surface area contributed by atoms with Crippen LogP contribution in [0.2, 0.25) is 0 Å². The predicted octanol–water partition coefficient (Wildman–Crippen LogP) is 5.54. The van der Waals surface area contributed by atoms with Crippen LogP contribution in [0.25, 0.3) is 10.8 Å². The predicted molar refractivity (Wildman–Crippen MR) is 134 cm³/mol. The van der Waals surface area contributed by atoms with Gasteiger partial charge >= 0.3 is 0 Å². The van der Waals surface area contributed by atoms with Crippen LogP contribution in [0.15, 0.2) is 60.7 Å². The fourth-order valence-corrected chi connectivity index (χ4v) is 5.20. The molecule has 33 heavy (non-hydrogen) atoms. The number of likely N-dealkylation sites (tertiary alicyclic amines) is 1. The molecular weight excluding hydrogens is 408 g/mol. The number of carbonyl (C=O) groups is 1. The fraction of sp³-hybridized carbons (Fsp3) is 0.414. The molecule has 0 bridgehead atoms. The molecule has 3 aromatic rings. The molecule has 0 atom stereocenters. The van der Waals surface area contributed by atoms with E-state index in [-0.39, 0.29) is 12.0 Å². The number of ether oxygens (including phenoxy) is 1. The average Bonchev–Trinajstić information content (AvgIpc) is 2.84. The minimum absolute atomic E-state index is 0.111. The van der Waals surface area contributed by atoms with Gasteiger partial charge in [0.1, 0.15) is 11.9 Å². The number of carbonyl (C=O) groups excluding carboxylic acids is 1. The highest BCUT2D eigenvalue weighted by atomic mass is 16.5. The standard InChI is InChI=1S/C29H34N2O2/c1-21(2)19-30-14-12-27(13-15-30)33-28-10-9-23-17-25(8-7-24(23)18-28)29(32)31-16-11-22-5-3-4-6-26(22)20-31/h3-10,17-18,21,27H,11-16,19-20H2,1-2H3. The number of fused-ring (bicyclic) bond motifs is 2. The highest BCUT2D eigenvalue weighted by molar-refractivity contribution is 5.99. The Hall–Kier alpha value is -2.85. The van der Waals surface area contributed by atoms with Crippen LogP contribution in [-0.4, -0.2) is 48.0 Å². The maximum atomic E-state index is 13.2. The SMILES string of the molecule is CC(C)CN1CCC(Oc2ccc3cc(C(=O)N4CCc5ccccc5C4)ccc3c2)CC1. The summed E-state index contributed by atoms with van der Waals surface area (Å²) in [5, 5.41) is 2.20. The first kappa shape index (κ1) is 22.0. The minimum atomic E-state index is 0.111. The van der Waals surface area contributed by atoms with Gasteiger partial charge in [0, 0.05) is 38.3 Å². The second-order valence-electron chi connectivity index (χ2n) is 9.98. The molecule has 2 heterocycles. The van der Waals surface area contributed by atoms with Crippen molar-refractivity contribution in [2.75, 3.05) is 26.2 Å². The van der Waals surface area contributed by atoms with Crippen LogP contribution in [0.5, 0.6) is 5.75 Å². The molecule has 172 valence electrons. The second kappa shape index (κ2) is 9.56. The van der Waals surface area contributed by atoms with Gasteiger partial charge in [0.15, 0.2) is 0 Å². The topological polar surface area (TPSA) is 32.8 Å². The summed E-state index contributed by atoms with van der Waals surface area (Å²) in [6.07, 6.45) is 3.37. The molecule has 2 aliphatic rings. The van der Waals surface area contributed by atoms with Crippen LogP contribution in [0.3, 0.4) is 0 Å². The van der Waals surface area contributed by atoms with Crippen molar-refractivity contribution in [3.63, 3.8) is 0 Å². The molecule has 0 unspecified atom stereocenters. The molecule has 0 N–H and O–H groups in total. The third-order valence-corrected chi connectivity index (χ3v) is 6.94. The van der Waals surface area contributed by atoms with Gasteiger partial charge in [0.05, 0.1) is 0 Å². The van der Waals surface area contributed by atoms with E-state index in [1.165, 1.54) is 17.7 Å². The Morgan fingerprint density at radius 1 is 0.939 bits per heavy atom. The van der Waals surface area contributed by atoms with E-state index in [1.807, 2.05) is 23.1 Å². The third kappa shape index (κ3) is 5.06. The third-order valence-electron chi connectivity index (χ3n) is 6.94. The van der Waals surface area contributed by atoms with E-state index in [0.717, 1.165) is 61.0 Å². The van der Waals surface area contributed by atoms with Crippen LogP contribution in [-0.2, 0) is 13.0 Å². The number of hydrogen-bond donors (Lipinski definition) is 0. The highest BCUT2D eigenvalue weighted by Gasteiger charge is 2.23. The number of benzene rings is 3. The largest absolute Gasteiger partial charge is 0.490 e. The molecule has 0 saturated carbocycles. The van der Waals surface area contributed by atoms with Crippen molar-refractivity contribution in [2.24, 2.45) is 5.92 Å². The number of rotatable bonds is 5. The molecule has 4 heteroatoms. The zero-order valence-corrected chi connectivity index (χ0v) is 19.8. The van der Waals surface area contributed by atoms with Gasteiger partial charge in [-0.15, -0.1) is 0 Å². The van der Waals surface area contributed by atoms with Crippen LogP contribution < -0.4 is 4.74 Å². The molecule has 5 rings (SSSR count). The highest BCUT2D eigenvalue weighted by Crippen LogP contribution is 2.27. The summed E-state index contributed by atoms with van der Waals surface area (Å²) in [5.74, 6) is 1.75. The van der Waals surface area contributed by atoms with E-state index in [2.05, 4.69) is 61.2 Å². The van der Waals surface area contributed by atoms with E-state index in [4.69, 9.17) is 4.74 Å². The zero-order valence-electron chi connectivity index (χ0n) is 19.8. The normalized spacial score (nSPS) is 17.4. The van der Waals surface area contributed by atoms with Gasteiger partial charge < -0.3 is 14.5 Å². The lowest BCUT2D eigenvalue weighted by atomic mass is 9.99. The molecular formula is C29H34N2O2. The van der Waals surface area contributed by atoms with Gasteiger partial charge in [-0.05, 0) is 71.3 Å². The molecule has 1 saturated heterocycles. The smallest absolute Gasteiger partial charge is 0.254 e. The van der Waals surface area contributed by atoms with Crippen molar-refractivity contribution in [1.82, 2.24) is 9.80 Å². The number of amides is 1. The Labute approximate surface area is 197 Å². The quantitative estimate of drug-likeness (QED) is 0.520. The van der Waals surface area contributed by atoms with E-state index < -0.39 is 0 Å². The van der Waals surface area contributed by atoms with E-state index in [0.29, 0.717) is 12.5 Å². The molecule has 0 spiro atoms. The molecule has 2 aliphatic heterocycles. The Kier molecular flexibility index (Phi) is 6.37. The molecule has 3 aromatic carbocycles. The van der Waals surface area contributed by atoms with Gasteiger partial charge in [0.2, 0.25) is 0 Å². The van der Waals surface area contributed by atoms with Crippen molar-refractivity contribution in [3.05, 3.63) is 77.4 Å². The minimum Gasteiger partial charge on any atom is -0.490 e. The lowest BCUT2D eigenvalue weighted by molar-refractivity contribution is 0.0735. The van der Waals surface area contributed by atoms with Gasteiger partial charge in [-0.3, -0.25) is 4.79 Å². The second-order valence-corrected chi connectivity index (χ2v) is 9.98. The van der Waals surface area contributed by atoms with Crippen molar-refractivity contribution >= 4 is 16.7 Å². The molecule has 0 radical (unpaired) electrons. The van der Waals surface area contributed by atoms with E-state index in [1.54, 1.807) is 0 Å². The summed E-state index contributed by atoms with van der Waals surface area (Å²) in [5.41, 5.74) is 3.38. The average molecular weight is 443 g/mol. The van der Waals surface area contributed by atoms with Crippen molar-refractivity contribution in [2.45, 2.75) is 45.8 Å². The van der Waals surface area contributed by atoms with Gasteiger partial charge in [-0.25, -0.2) is 0 Å². The summed E-state index contributed by atoms with van der Waals surface area (Å²) >= 11 is 0. The molecule has 4 nitrogen and oxygen atoms in total. The molecule has 1 amide bonds. The van der Waals surface area contributed by atoms with Crippen molar-refractivity contribution in [3.8, 4) is 5.75 Å².